The number of aliphatic hydroxyl groups is 1. The van der Waals surface area contributed by atoms with Gasteiger partial charge in [0.15, 0.2) is 0 Å². The zero-order chi connectivity index (χ0) is 34.0. The fourth-order valence-electron chi connectivity index (χ4n) is 5.54. The zero-order valence-electron chi connectivity index (χ0n) is 27.7. The third kappa shape index (κ3) is 10.0. The normalized spacial score (nSPS) is 20.3. The summed E-state index contributed by atoms with van der Waals surface area (Å²) < 4.78 is 41.4. The summed E-state index contributed by atoms with van der Waals surface area (Å²) in [6, 6.07) is 21.7. The molecule has 3 aromatic rings. The minimum Gasteiger partial charge on any atom is -0.490 e. The number of sulfonamides is 1. The van der Waals surface area contributed by atoms with Gasteiger partial charge in [0.2, 0.25) is 5.91 Å². The van der Waals surface area contributed by atoms with Gasteiger partial charge >= 0.3 is 0 Å². The van der Waals surface area contributed by atoms with Crippen LogP contribution in [-0.2, 0) is 26.0 Å². The van der Waals surface area contributed by atoms with E-state index in [1.165, 1.54) is 18.2 Å². The average Bonchev–Trinajstić information content (AvgIpc) is 3.06. The highest BCUT2D eigenvalue weighted by atomic mass is 32.2. The van der Waals surface area contributed by atoms with Gasteiger partial charge in [-0.05, 0) is 69.0 Å². The van der Waals surface area contributed by atoms with Gasteiger partial charge in [-0.25, -0.2) is 8.42 Å². The number of carbonyl (C=O) groups excluding carboxylic acids is 2. The third-order valence-electron chi connectivity index (χ3n) is 8.43. The van der Waals surface area contributed by atoms with Crippen molar-refractivity contribution in [2.75, 3.05) is 38.1 Å². The monoisotopic (exact) mass is 665 g/mol. The number of likely N-dealkylation sites (N-methyl/N-ethyl adjacent to an activating group) is 1. The van der Waals surface area contributed by atoms with E-state index in [1.807, 2.05) is 44.2 Å². The molecule has 1 heterocycles. The van der Waals surface area contributed by atoms with Gasteiger partial charge in [-0.15, -0.1) is 0 Å². The molecule has 10 nitrogen and oxygen atoms in total. The van der Waals surface area contributed by atoms with E-state index < -0.39 is 22.0 Å². The molecule has 1 aliphatic rings. The predicted octanol–water partition coefficient (Wildman–Crippen LogP) is 4.98. The summed E-state index contributed by atoms with van der Waals surface area (Å²) in [4.78, 5) is 30.8. The summed E-state index contributed by atoms with van der Waals surface area (Å²) in [5.74, 6) is -0.325. The second-order valence-electron chi connectivity index (χ2n) is 12.4. The molecule has 0 spiro atoms. The Labute approximate surface area is 278 Å². The first-order valence-corrected chi connectivity index (χ1v) is 17.7. The number of hydrogen-bond acceptors (Lipinski definition) is 7. The van der Waals surface area contributed by atoms with Gasteiger partial charge in [0.1, 0.15) is 5.75 Å². The summed E-state index contributed by atoms with van der Waals surface area (Å²) in [5, 5.41) is 10.2. The first-order chi connectivity index (χ1) is 22.5. The molecule has 0 fully saturated rings. The van der Waals surface area contributed by atoms with Crippen LogP contribution >= 0.6 is 0 Å². The molecule has 0 saturated carbocycles. The highest BCUT2D eigenvalue weighted by molar-refractivity contribution is 7.92. The van der Waals surface area contributed by atoms with Crippen LogP contribution < -0.4 is 9.46 Å². The molecule has 0 radical (unpaired) electrons. The number of rotatable bonds is 9. The Bertz CT molecular complexity index is 1570. The topological polar surface area (TPSA) is 125 Å². The highest BCUT2D eigenvalue weighted by Gasteiger charge is 2.31. The first-order valence-electron chi connectivity index (χ1n) is 16.2. The lowest BCUT2D eigenvalue weighted by molar-refractivity contribution is -0.131. The number of amides is 2. The minimum absolute atomic E-state index is 0.0338. The molecule has 4 atom stereocenters. The second-order valence-corrected chi connectivity index (χ2v) is 14.0. The predicted molar refractivity (Wildman–Crippen MR) is 182 cm³/mol. The number of ether oxygens (including phenoxy) is 2. The van der Waals surface area contributed by atoms with Gasteiger partial charge in [0.25, 0.3) is 15.9 Å². The Kier molecular flexibility index (Phi) is 12.8. The van der Waals surface area contributed by atoms with Gasteiger partial charge in [-0.3, -0.25) is 14.3 Å². The Morgan fingerprint density at radius 3 is 2.40 bits per heavy atom. The van der Waals surface area contributed by atoms with E-state index in [1.54, 1.807) is 54.1 Å². The maximum absolute atomic E-state index is 14.3. The van der Waals surface area contributed by atoms with Gasteiger partial charge in [-0.2, -0.15) is 0 Å². The third-order valence-corrected chi connectivity index (χ3v) is 9.83. The van der Waals surface area contributed by atoms with Gasteiger partial charge in [0, 0.05) is 38.3 Å². The lowest BCUT2D eigenvalue weighted by atomic mass is 10.0. The average molecular weight is 666 g/mol. The molecule has 0 saturated heterocycles. The number of nitrogens with zero attached hydrogens (tertiary/aromatic N) is 2. The molecule has 4 rings (SSSR count). The number of fused-ring (bicyclic) bond motifs is 1. The lowest BCUT2D eigenvalue weighted by Crippen LogP contribution is -2.48. The largest absolute Gasteiger partial charge is 0.490 e. The van der Waals surface area contributed by atoms with E-state index in [4.69, 9.17) is 9.47 Å². The van der Waals surface area contributed by atoms with E-state index >= 15 is 0 Å². The van der Waals surface area contributed by atoms with Crippen LogP contribution in [0.1, 0.15) is 56.0 Å². The van der Waals surface area contributed by atoms with Crippen molar-refractivity contribution in [1.82, 2.24) is 9.80 Å². The van der Waals surface area contributed by atoms with Crippen molar-refractivity contribution in [3.05, 3.63) is 90.0 Å². The van der Waals surface area contributed by atoms with Crippen LogP contribution in [-0.4, -0.2) is 86.7 Å². The van der Waals surface area contributed by atoms with Crippen LogP contribution in [0, 0.1) is 5.92 Å². The number of hydrogen-bond donors (Lipinski definition) is 2. The second kappa shape index (κ2) is 16.8. The van der Waals surface area contributed by atoms with Crippen molar-refractivity contribution in [2.45, 2.75) is 69.6 Å². The molecule has 254 valence electrons. The van der Waals surface area contributed by atoms with Crippen LogP contribution in [0.5, 0.6) is 5.75 Å². The summed E-state index contributed by atoms with van der Waals surface area (Å²) in [6.45, 7) is 6.43. The SMILES string of the molecule is C[C@H](CO)N1C[C@H](C)[C@@H](CN(C)C(=O)Cc2ccccc2)OCCCC[C@H](C)Oc2ccc(NS(=O)(=O)c3ccccc3)cc2C1=O. The molecule has 0 aromatic heterocycles. The number of anilines is 1. The Morgan fingerprint density at radius 1 is 1.04 bits per heavy atom. The van der Waals surface area contributed by atoms with Crippen molar-refractivity contribution in [2.24, 2.45) is 5.92 Å². The molecular formula is C36H47N3O7S. The molecule has 2 N–H and O–H groups in total. The van der Waals surface area contributed by atoms with Crippen molar-refractivity contribution < 1.29 is 32.6 Å². The minimum atomic E-state index is -3.91. The molecular weight excluding hydrogens is 618 g/mol. The molecule has 0 unspecified atom stereocenters. The maximum atomic E-state index is 14.3. The Balaban J connectivity index is 1.63. The molecule has 11 heteroatoms. The summed E-state index contributed by atoms with van der Waals surface area (Å²) in [6.07, 6.45) is 2.01. The summed E-state index contributed by atoms with van der Waals surface area (Å²) >= 11 is 0. The van der Waals surface area contributed by atoms with Crippen LogP contribution in [0.4, 0.5) is 5.69 Å². The Morgan fingerprint density at radius 2 is 1.72 bits per heavy atom. The summed E-state index contributed by atoms with van der Waals surface area (Å²) in [5.41, 5.74) is 1.32. The number of aliphatic hydroxyl groups excluding tert-OH is 1. The van der Waals surface area contributed by atoms with E-state index in [0.717, 1.165) is 18.4 Å². The molecule has 3 aromatic carbocycles. The molecule has 0 bridgehead atoms. The van der Waals surface area contributed by atoms with Crippen LogP contribution in [0.15, 0.2) is 83.8 Å². The molecule has 47 heavy (non-hydrogen) atoms. The quantitative estimate of drug-likeness (QED) is 0.330. The maximum Gasteiger partial charge on any atom is 0.261 e. The molecule has 2 amide bonds. The van der Waals surface area contributed by atoms with E-state index in [2.05, 4.69) is 4.72 Å². The van der Waals surface area contributed by atoms with Crippen molar-refractivity contribution in [3.8, 4) is 5.75 Å². The summed E-state index contributed by atoms with van der Waals surface area (Å²) in [7, 11) is -2.15. The van der Waals surface area contributed by atoms with Crippen molar-refractivity contribution in [1.29, 1.82) is 0 Å². The molecule has 0 aliphatic carbocycles. The fourth-order valence-corrected chi connectivity index (χ4v) is 6.61. The number of benzene rings is 3. The lowest BCUT2D eigenvalue weighted by Gasteiger charge is -2.36. The van der Waals surface area contributed by atoms with Crippen LogP contribution in [0.2, 0.25) is 0 Å². The zero-order valence-corrected chi connectivity index (χ0v) is 28.5. The highest BCUT2D eigenvalue weighted by Crippen LogP contribution is 2.29. The van der Waals surface area contributed by atoms with Crippen LogP contribution in [0.25, 0.3) is 0 Å². The Hall–Kier alpha value is -3.93. The standard InChI is InChI=1S/C36H47N3O7S/c1-26-23-39(27(2)25-40)36(42)32-22-30(37-47(43,44)31-16-9-6-10-17-31)18-19-33(32)46-28(3)13-11-12-20-45-34(26)24-38(4)35(41)21-29-14-7-5-8-15-29/h5-10,14-19,22,26-28,34,37,40H,11-13,20-21,23-25H2,1-4H3/t26-,27+,28-,34+/m0/s1. The first kappa shape index (κ1) is 35.9. The van der Waals surface area contributed by atoms with Crippen molar-refractivity contribution in [3.63, 3.8) is 0 Å². The van der Waals surface area contributed by atoms with E-state index in [9.17, 15) is 23.1 Å². The fraction of sp³-hybridized carbons (Fsp3) is 0.444. The number of nitrogens with one attached hydrogen (secondary N) is 1. The van der Waals surface area contributed by atoms with Gasteiger partial charge in [-0.1, -0.05) is 55.5 Å². The van der Waals surface area contributed by atoms with E-state index in [-0.39, 0.29) is 59.8 Å². The van der Waals surface area contributed by atoms with Crippen molar-refractivity contribution >= 4 is 27.5 Å². The van der Waals surface area contributed by atoms with Gasteiger partial charge in [0.05, 0.1) is 41.7 Å². The van der Waals surface area contributed by atoms with Gasteiger partial charge < -0.3 is 24.4 Å². The van der Waals surface area contributed by atoms with E-state index in [0.29, 0.717) is 25.3 Å². The smallest absolute Gasteiger partial charge is 0.261 e. The van der Waals surface area contributed by atoms with Crippen LogP contribution in [0.3, 0.4) is 0 Å². The molecule has 1 aliphatic heterocycles. The number of carbonyl (C=O) groups is 2.